The van der Waals surface area contributed by atoms with Gasteiger partial charge >= 0.3 is 0 Å². The maximum atomic E-state index is 12.9. The molecule has 0 bridgehead atoms. The van der Waals surface area contributed by atoms with E-state index in [4.69, 9.17) is 0 Å². The zero-order chi connectivity index (χ0) is 21.5. The number of nitrogens with zero attached hydrogens (tertiary/aromatic N) is 3. The fourth-order valence-corrected chi connectivity index (χ4v) is 3.75. The molecule has 30 heavy (non-hydrogen) atoms. The number of carbonyl (C=O) groups is 3. The molecule has 7 nitrogen and oxygen atoms in total. The van der Waals surface area contributed by atoms with Gasteiger partial charge in [0.2, 0.25) is 5.91 Å². The van der Waals surface area contributed by atoms with Crippen molar-refractivity contribution in [2.24, 2.45) is 0 Å². The van der Waals surface area contributed by atoms with E-state index in [0.29, 0.717) is 29.3 Å². The minimum Gasteiger partial charge on any atom is -0.339 e. The van der Waals surface area contributed by atoms with Gasteiger partial charge in [-0.1, -0.05) is 24.3 Å². The van der Waals surface area contributed by atoms with Crippen molar-refractivity contribution in [1.29, 1.82) is 0 Å². The zero-order valence-electron chi connectivity index (χ0n) is 17.0. The number of rotatable bonds is 9. The molecule has 3 rings (SSSR count). The number of ketones is 1. The Morgan fingerprint density at radius 2 is 1.77 bits per heavy atom. The van der Waals surface area contributed by atoms with Crippen LogP contribution in [0.2, 0.25) is 0 Å². The Bertz CT molecular complexity index is 1010. The van der Waals surface area contributed by atoms with E-state index in [1.165, 1.54) is 22.2 Å². The van der Waals surface area contributed by atoms with Crippen LogP contribution >= 0.6 is 11.3 Å². The molecule has 0 saturated heterocycles. The predicted molar refractivity (Wildman–Crippen MR) is 117 cm³/mol. The Labute approximate surface area is 179 Å². The molecule has 0 radical (unpaired) electrons. The Balaban J connectivity index is 1.83. The molecule has 8 heteroatoms. The van der Waals surface area contributed by atoms with Crippen molar-refractivity contribution in [3.05, 3.63) is 64.5 Å². The molecule has 0 atom stereocenters. The van der Waals surface area contributed by atoms with Crippen LogP contribution < -0.4 is 5.32 Å². The van der Waals surface area contributed by atoms with Crippen LogP contribution in [0, 0.1) is 0 Å². The number of nitrogens with one attached hydrogen (secondary N) is 1. The average molecular weight is 425 g/mol. The van der Waals surface area contributed by atoms with E-state index >= 15 is 0 Å². The first-order valence-corrected chi connectivity index (χ1v) is 10.7. The minimum atomic E-state index is -0.341. The van der Waals surface area contributed by atoms with Gasteiger partial charge in [-0.15, -0.1) is 11.3 Å². The van der Waals surface area contributed by atoms with Gasteiger partial charge in [-0.2, -0.15) is 5.10 Å². The normalized spacial score (nSPS) is 10.6. The fraction of sp³-hybridized carbons (Fsp3) is 0.273. The number of amides is 2. The third kappa shape index (κ3) is 4.83. The monoisotopic (exact) mass is 424 g/mol. The second-order valence-electron chi connectivity index (χ2n) is 6.58. The SMILES string of the molecule is CCN(CC)C(=O)c1cnn(-c2ccccc2)c1NC(=O)CCC(=O)c1cccs1. The van der Waals surface area contributed by atoms with Gasteiger partial charge in [0, 0.05) is 25.9 Å². The Morgan fingerprint density at radius 1 is 1.03 bits per heavy atom. The summed E-state index contributed by atoms with van der Waals surface area (Å²) in [5, 5.41) is 8.97. The first-order valence-electron chi connectivity index (χ1n) is 9.84. The molecule has 0 aliphatic rings. The van der Waals surface area contributed by atoms with Crippen molar-refractivity contribution in [1.82, 2.24) is 14.7 Å². The van der Waals surface area contributed by atoms with Crippen molar-refractivity contribution in [2.45, 2.75) is 26.7 Å². The summed E-state index contributed by atoms with van der Waals surface area (Å²) in [7, 11) is 0. The molecule has 0 unspecified atom stereocenters. The first-order chi connectivity index (χ1) is 14.5. The van der Waals surface area contributed by atoms with Crippen molar-refractivity contribution in [3.8, 4) is 5.69 Å². The van der Waals surface area contributed by atoms with Gasteiger partial charge in [0.25, 0.3) is 5.91 Å². The van der Waals surface area contributed by atoms with Crippen LogP contribution in [0.15, 0.2) is 54.0 Å². The summed E-state index contributed by atoms with van der Waals surface area (Å²) in [6, 6.07) is 12.8. The molecule has 2 heterocycles. The summed E-state index contributed by atoms with van der Waals surface area (Å²) in [5.41, 5.74) is 1.04. The lowest BCUT2D eigenvalue weighted by molar-refractivity contribution is -0.116. The number of para-hydroxylation sites is 1. The highest BCUT2D eigenvalue weighted by Crippen LogP contribution is 2.22. The highest BCUT2D eigenvalue weighted by molar-refractivity contribution is 7.12. The van der Waals surface area contributed by atoms with Crippen LogP contribution in [0.25, 0.3) is 5.69 Å². The summed E-state index contributed by atoms with van der Waals surface area (Å²) in [6.07, 6.45) is 1.60. The van der Waals surface area contributed by atoms with E-state index < -0.39 is 0 Å². The number of anilines is 1. The molecule has 0 fully saturated rings. The third-order valence-electron chi connectivity index (χ3n) is 4.68. The second-order valence-corrected chi connectivity index (χ2v) is 7.53. The average Bonchev–Trinajstić information content (AvgIpc) is 3.44. The maximum absolute atomic E-state index is 12.9. The molecule has 3 aromatic rings. The number of aromatic nitrogens is 2. The quantitative estimate of drug-likeness (QED) is 0.526. The summed E-state index contributed by atoms with van der Waals surface area (Å²) < 4.78 is 1.54. The van der Waals surface area contributed by atoms with Crippen molar-refractivity contribution in [2.75, 3.05) is 18.4 Å². The van der Waals surface area contributed by atoms with E-state index in [9.17, 15) is 14.4 Å². The van der Waals surface area contributed by atoms with Crippen molar-refractivity contribution in [3.63, 3.8) is 0 Å². The molecule has 0 aliphatic heterocycles. The summed E-state index contributed by atoms with van der Waals surface area (Å²) >= 11 is 1.36. The number of thiophene rings is 1. The number of hydrogen-bond donors (Lipinski definition) is 1. The second kappa shape index (κ2) is 9.98. The van der Waals surface area contributed by atoms with Gasteiger partial charge in [0.15, 0.2) is 5.78 Å². The van der Waals surface area contributed by atoms with E-state index in [-0.39, 0.29) is 30.4 Å². The lowest BCUT2D eigenvalue weighted by atomic mass is 10.2. The van der Waals surface area contributed by atoms with E-state index in [1.54, 1.807) is 11.0 Å². The Hall–Kier alpha value is -3.26. The van der Waals surface area contributed by atoms with Crippen molar-refractivity contribution < 1.29 is 14.4 Å². The van der Waals surface area contributed by atoms with Crippen LogP contribution in [0.3, 0.4) is 0 Å². The number of benzene rings is 1. The van der Waals surface area contributed by atoms with E-state index in [1.807, 2.05) is 55.6 Å². The predicted octanol–water partition coefficient (Wildman–Crippen LogP) is 4.02. The van der Waals surface area contributed by atoms with Gasteiger partial charge in [0.05, 0.1) is 16.8 Å². The smallest absolute Gasteiger partial charge is 0.259 e. The number of carbonyl (C=O) groups excluding carboxylic acids is 3. The highest BCUT2D eigenvalue weighted by Gasteiger charge is 2.23. The fourth-order valence-electron chi connectivity index (χ4n) is 3.05. The highest BCUT2D eigenvalue weighted by atomic mass is 32.1. The molecular weight excluding hydrogens is 400 g/mol. The largest absolute Gasteiger partial charge is 0.339 e. The molecule has 2 aromatic heterocycles. The molecule has 1 aromatic carbocycles. The number of hydrogen-bond acceptors (Lipinski definition) is 5. The van der Waals surface area contributed by atoms with E-state index in [2.05, 4.69) is 10.4 Å². The van der Waals surface area contributed by atoms with Gasteiger partial charge < -0.3 is 10.2 Å². The minimum absolute atomic E-state index is 0.0234. The van der Waals surface area contributed by atoms with Gasteiger partial charge in [-0.3, -0.25) is 14.4 Å². The van der Waals surface area contributed by atoms with E-state index in [0.717, 1.165) is 5.69 Å². The molecule has 156 valence electrons. The van der Waals surface area contributed by atoms with Crippen LogP contribution in [0.1, 0.15) is 46.7 Å². The molecule has 1 N–H and O–H groups in total. The Morgan fingerprint density at radius 3 is 2.40 bits per heavy atom. The molecule has 0 aliphatic carbocycles. The summed E-state index contributed by atoms with van der Waals surface area (Å²) in [4.78, 5) is 40.1. The summed E-state index contributed by atoms with van der Waals surface area (Å²) in [6.45, 7) is 4.90. The van der Waals surface area contributed by atoms with Crippen LogP contribution in [0.4, 0.5) is 5.82 Å². The van der Waals surface area contributed by atoms with Gasteiger partial charge in [-0.25, -0.2) is 4.68 Å². The molecule has 2 amide bonds. The van der Waals surface area contributed by atoms with Gasteiger partial charge in [0.1, 0.15) is 11.4 Å². The maximum Gasteiger partial charge on any atom is 0.259 e. The lowest BCUT2D eigenvalue weighted by Gasteiger charge is -2.19. The molecule has 0 spiro atoms. The lowest BCUT2D eigenvalue weighted by Crippen LogP contribution is -2.31. The first kappa shape index (κ1) is 21.4. The third-order valence-corrected chi connectivity index (χ3v) is 5.59. The number of Topliss-reactive ketones (excluding diaryl/α,β-unsaturated/α-hetero) is 1. The van der Waals surface area contributed by atoms with Crippen molar-refractivity contribution >= 4 is 34.8 Å². The topological polar surface area (TPSA) is 84.3 Å². The summed E-state index contributed by atoms with van der Waals surface area (Å²) in [5.74, 6) is -0.304. The Kier molecular flexibility index (Phi) is 7.13. The van der Waals surface area contributed by atoms with Crippen LogP contribution in [0.5, 0.6) is 0 Å². The van der Waals surface area contributed by atoms with Gasteiger partial charge in [-0.05, 0) is 37.4 Å². The molecular formula is C22H24N4O3S. The van der Waals surface area contributed by atoms with Crippen LogP contribution in [-0.4, -0.2) is 45.4 Å². The molecule has 0 saturated carbocycles. The van der Waals surface area contributed by atoms with Crippen LogP contribution in [-0.2, 0) is 4.79 Å². The standard InChI is InChI=1S/C22H24N4O3S/c1-3-25(4-2)22(29)17-15-23-26(16-9-6-5-7-10-16)21(17)24-20(28)13-12-18(27)19-11-8-14-30-19/h5-11,14-15H,3-4,12-13H2,1-2H3,(H,24,28). The zero-order valence-corrected chi connectivity index (χ0v) is 17.8.